The average molecular weight is 420 g/mol. The number of carbonyl (C=O) groups is 1. The molecule has 0 unspecified atom stereocenters. The van der Waals surface area contributed by atoms with Crippen LogP contribution in [0.3, 0.4) is 0 Å². The summed E-state index contributed by atoms with van der Waals surface area (Å²) in [7, 11) is -3.29. The molecular weight excluding hydrogens is 398 g/mol. The van der Waals surface area contributed by atoms with Gasteiger partial charge in [0.05, 0.1) is 22.8 Å². The molecule has 0 aliphatic carbocycles. The summed E-state index contributed by atoms with van der Waals surface area (Å²) in [6, 6.07) is 12.2. The lowest BCUT2D eigenvalue weighted by atomic mass is 10.1. The molecule has 148 valence electrons. The van der Waals surface area contributed by atoms with Crippen LogP contribution in [0.2, 0.25) is 5.02 Å². The Morgan fingerprint density at radius 2 is 1.79 bits per heavy atom. The van der Waals surface area contributed by atoms with E-state index in [1.807, 2.05) is 12.1 Å². The zero-order valence-corrected chi connectivity index (χ0v) is 17.0. The van der Waals surface area contributed by atoms with Crippen LogP contribution < -0.4 is 14.5 Å². The largest absolute Gasteiger partial charge is 0.370 e. The molecular formula is C20H22ClN3O3S. The van der Waals surface area contributed by atoms with Crippen LogP contribution in [0.15, 0.2) is 42.5 Å². The zero-order chi connectivity index (χ0) is 19.7. The zero-order valence-electron chi connectivity index (χ0n) is 15.4. The second-order valence-corrected chi connectivity index (χ2v) is 9.55. The summed E-state index contributed by atoms with van der Waals surface area (Å²) < 4.78 is 25.7. The molecule has 0 radical (unpaired) electrons. The Kier molecular flexibility index (Phi) is 5.21. The van der Waals surface area contributed by atoms with E-state index in [2.05, 4.69) is 10.2 Å². The topological polar surface area (TPSA) is 69.7 Å². The fourth-order valence-corrected chi connectivity index (χ4v) is 5.50. The molecule has 8 heteroatoms. The van der Waals surface area contributed by atoms with E-state index in [1.165, 1.54) is 4.31 Å². The average Bonchev–Trinajstić information content (AvgIpc) is 3.31. The minimum Gasteiger partial charge on any atom is -0.370 e. The first-order valence-electron chi connectivity index (χ1n) is 9.40. The quantitative estimate of drug-likeness (QED) is 0.819. The van der Waals surface area contributed by atoms with Gasteiger partial charge in [0.2, 0.25) is 10.0 Å². The number of halogens is 1. The van der Waals surface area contributed by atoms with Crippen molar-refractivity contribution >= 4 is 44.6 Å². The first-order chi connectivity index (χ1) is 13.4. The van der Waals surface area contributed by atoms with Crippen LogP contribution in [-0.4, -0.2) is 39.7 Å². The molecule has 2 aromatic rings. The number of nitrogens with zero attached hydrogens (tertiary/aromatic N) is 2. The number of nitrogens with one attached hydrogen (secondary N) is 1. The van der Waals surface area contributed by atoms with Gasteiger partial charge in [-0.05, 0) is 55.7 Å². The number of carbonyl (C=O) groups excluding carboxylic acids is 1. The van der Waals surface area contributed by atoms with Crippen LogP contribution in [0, 0.1) is 0 Å². The summed E-state index contributed by atoms with van der Waals surface area (Å²) in [6.07, 6.45) is 2.85. The molecule has 1 N–H and O–H groups in total. The van der Waals surface area contributed by atoms with Crippen molar-refractivity contribution in [2.75, 3.05) is 39.9 Å². The van der Waals surface area contributed by atoms with E-state index < -0.39 is 10.0 Å². The first kappa shape index (κ1) is 19.1. The maximum atomic E-state index is 12.9. The van der Waals surface area contributed by atoms with Crippen LogP contribution in [0.25, 0.3) is 0 Å². The van der Waals surface area contributed by atoms with Gasteiger partial charge >= 0.3 is 0 Å². The number of benzene rings is 2. The van der Waals surface area contributed by atoms with Gasteiger partial charge < -0.3 is 10.2 Å². The van der Waals surface area contributed by atoms with Crippen LogP contribution in [-0.2, 0) is 10.0 Å². The Bertz CT molecular complexity index is 1000. The molecule has 2 fully saturated rings. The van der Waals surface area contributed by atoms with Crippen molar-refractivity contribution in [2.45, 2.75) is 19.3 Å². The van der Waals surface area contributed by atoms with E-state index in [9.17, 15) is 13.2 Å². The van der Waals surface area contributed by atoms with Gasteiger partial charge in [-0.15, -0.1) is 0 Å². The van der Waals surface area contributed by atoms with E-state index in [4.69, 9.17) is 11.6 Å². The molecule has 2 aliphatic rings. The number of hydrogen-bond donors (Lipinski definition) is 1. The van der Waals surface area contributed by atoms with Gasteiger partial charge in [-0.3, -0.25) is 9.10 Å². The van der Waals surface area contributed by atoms with Crippen molar-refractivity contribution in [2.24, 2.45) is 0 Å². The van der Waals surface area contributed by atoms with Gasteiger partial charge in [0.25, 0.3) is 5.91 Å². The Morgan fingerprint density at radius 1 is 1.00 bits per heavy atom. The lowest BCUT2D eigenvalue weighted by molar-refractivity contribution is 0.102. The van der Waals surface area contributed by atoms with Crippen molar-refractivity contribution < 1.29 is 13.2 Å². The summed E-state index contributed by atoms with van der Waals surface area (Å²) in [4.78, 5) is 15.1. The Morgan fingerprint density at radius 3 is 2.50 bits per heavy atom. The first-order valence-corrected chi connectivity index (χ1v) is 11.4. The lowest BCUT2D eigenvalue weighted by Crippen LogP contribution is -2.25. The summed E-state index contributed by atoms with van der Waals surface area (Å²) in [5, 5.41) is 3.50. The molecule has 0 bridgehead atoms. The van der Waals surface area contributed by atoms with Crippen LogP contribution in [0.5, 0.6) is 0 Å². The minimum atomic E-state index is -3.29. The summed E-state index contributed by atoms with van der Waals surface area (Å²) in [6.45, 7) is 2.35. The van der Waals surface area contributed by atoms with Crippen molar-refractivity contribution in [3.8, 4) is 0 Å². The maximum absolute atomic E-state index is 12.9. The van der Waals surface area contributed by atoms with Crippen molar-refractivity contribution in [3.05, 3.63) is 53.1 Å². The SMILES string of the molecule is O=C(Nc1cc(Cl)ccc1N1CCCC1)c1cccc(N2CCCS2(=O)=O)c1. The van der Waals surface area contributed by atoms with E-state index in [1.54, 1.807) is 30.3 Å². The van der Waals surface area contributed by atoms with Gasteiger partial charge in [0.1, 0.15) is 0 Å². The molecule has 0 saturated carbocycles. The Balaban J connectivity index is 1.60. The fourth-order valence-electron chi connectivity index (χ4n) is 3.77. The molecule has 0 aromatic heterocycles. The van der Waals surface area contributed by atoms with Crippen molar-refractivity contribution in [1.29, 1.82) is 0 Å². The second kappa shape index (κ2) is 7.64. The third-order valence-electron chi connectivity index (χ3n) is 5.15. The lowest BCUT2D eigenvalue weighted by Gasteiger charge is -2.22. The van der Waals surface area contributed by atoms with Crippen LogP contribution >= 0.6 is 11.6 Å². The normalized spacial score (nSPS) is 18.5. The molecule has 2 saturated heterocycles. The van der Waals surface area contributed by atoms with Gasteiger partial charge in [0.15, 0.2) is 0 Å². The number of amides is 1. The molecule has 2 aliphatic heterocycles. The summed E-state index contributed by atoms with van der Waals surface area (Å²) in [5.74, 6) is -0.147. The minimum absolute atomic E-state index is 0.144. The highest BCUT2D eigenvalue weighted by molar-refractivity contribution is 7.93. The van der Waals surface area contributed by atoms with Gasteiger partial charge in [0, 0.05) is 30.2 Å². The van der Waals surface area contributed by atoms with Gasteiger partial charge in [-0.25, -0.2) is 8.42 Å². The van der Waals surface area contributed by atoms with Gasteiger partial charge in [-0.2, -0.15) is 0 Å². The molecule has 4 rings (SSSR count). The van der Waals surface area contributed by atoms with E-state index in [0.717, 1.165) is 31.6 Å². The van der Waals surface area contributed by atoms with Crippen LogP contribution in [0.4, 0.5) is 17.1 Å². The second-order valence-electron chi connectivity index (χ2n) is 7.10. The van der Waals surface area contributed by atoms with Crippen molar-refractivity contribution in [1.82, 2.24) is 0 Å². The maximum Gasteiger partial charge on any atom is 0.255 e. The highest BCUT2D eigenvalue weighted by atomic mass is 35.5. The smallest absolute Gasteiger partial charge is 0.255 e. The monoisotopic (exact) mass is 419 g/mol. The number of anilines is 3. The highest BCUT2D eigenvalue weighted by Crippen LogP contribution is 2.32. The molecule has 0 atom stereocenters. The van der Waals surface area contributed by atoms with Crippen molar-refractivity contribution in [3.63, 3.8) is 0 Å². The predicted molar refractivity (Wildman–Crippen MR) is 113 cm³/mol. The highest BCUT2D eigenvalue weighted by Gasteiger charge is 2.28. The fraction of sp³-hybridized carbons (Fsp3) is 0.350. The molecule has 6 nitrogen and oxygen atoms in total. The standard InChI is InChI=1S/C20H22ClN3O3S/c21-16-7-8-19(23-9-1-2-10-23)18(14-16)22-20(25)15-5-3-6-17(13-15)24-11-4-12-28(24,26)27/h3,5-8,13-14H,1-2,4,9-12H2,(H,22,25). The van der Waals surface area contributed by atoms with Gasteiger partial charge in [-0.1, -0.05) is 17.7 Å². The number of sulfonamides is 1. The molecule has 28 heavy (non-hydrogen) atoms. The number of rotatable bonds is 4. The third-order valence-corrected chi connectivity index (χ3v) is 7.25. The predicted octanol–water partition coefficient (Wildman–Crippen LogP) is 3.73. The third kappa shape index (κ3) is 3.82. The Hall–Kier alpha value is -2.25. The summed E-state index contributed by atoms with van der Waals surface area (Å²) in [5.41, 5.74) is 2.55. The van der Waals surface area contributed by atoms with E-state index in [0.29, 0.717) is 34.9 Å². The molecule has 0 spiro atoms. The van der Waals surface area contributed by atoms with E-state index in [-0.39, 0.29) is 11.7 Å². The van der Waals surface area contributed by atoms with Crippen LogP contribution in [0.1, 0.15) is 29.6 Å². The molecule has 2 heterocycles. The molecule has 2 aromatic carbocycles. The summed E-state index contributed by atoms with van der Waals surface area (Å²) >= 11 is 6.15. The molecule has 1 amide bonds. The number of hydrogen-bond acceptors (Lipinski definition) is 4. The van der Waals surface area contributed by atoms with E-state index >= 15 is 0 Å². The Labute approximate surface area is 170 Å².